The molecule has 2 aromatic rings. The van der Waals surface area contributed by atoms with Gasteiger partial charge in [-0.1, -0.05) is 13.0 Å². The van der Waals surface area contributed by atoms with Gasteiger partial charge in [0.25, 0.3) is 0 Å². The van der Waals surface area contributed by atoms with Gasteiger partial charge >= 0.3 is 5.97 Å². The molecule has 4 nitrogen and oxygen atoms in total. The van der Waals surface area contributed by atoms with Gasteiger partial charge in [-0.05, 0) is 49.7 Å². The Morgan fingerprint density at radius 3 is 2.76 bits per heavy atom. The molecular formula is C17H20N2O2. The van der Waals surface area contributed by atoms with Crippen LogP contribution in [0.15, 0.2) is 18.2 Å². The molecule has 0 saturated heterocycles. The fraction of sp³-hybridized carbons (Fsp3) is 0.529. The second-order valence-corrected chi connectivity index (χ2v) is 6.66. The SMILES string of the molecule is CCC1(Cn2c(C3CC3)nc3cccc(C(=O)O)c32)CC1. The molecule has 4 heteroatoms. The van der Waals surface area contributed by atoms with Crippen molar-refractivity contribution in [1.82, 2.24) is 9.55 Å². The summed E-state index contributed by atoms with van der Waals surface area (Å²) in [6, 6.07) is 5.44. The van der Waals surface area contributed by atoms with E-state index < -0.39 is 5.97 Å². The Bertz CT molecular complexity index is 724. The summed E-state index contributed by atoms with van der Waals surface area (Å²) < 4.78 is 2.23. The first-order valence-corrected chi connectivity index (χ1v) is 7.86. The fourth-order valence-corrected chi connectivity index (χ4v) is 3.33. The number of aromatic carboxylic acids is 1. The zero-order chi connectivity index (χ0) is 14.6. The van der Waals surface area contributed by atoms with Gasteiger partial charge in [0, 0.05) is 12.5 Å². The highest BCUT2D eigenvalue weighted by atomic mass is 16.4. The Balaban J connectivity index is 1.91. The first-order valence-electron chi connectivity index (χ1n) is 7.86. The summed E-state index contributed by atoms with van der Waals surface area (Å²) in [5.41, 5.74) is 2.43. The third kappa shape index (κ3) is 2.04. The van der Waals surface area contributed by atoms with Crippen molar-refractivity contribution >= 4 is 17.0 Å². The minimum Gasteiger partial charge on any atom is -0.478 e. The van der Waals surface area contributed by atoms with E-state index in [4.69, 9.17) is 4.98 Å². The van der Waals surface area contributed by atoms with Gasteiger partial charge in [0.1, 0.15) is 5.82 Å². The average molecular weight is 284 g/mol. The zero-order valence-electron chi connectivity index (χ0n) is 12.3. The minimum atomic E-state index is -0.856. The predicted molar refractivity (Wildman–Crippen MR) is 80.6 cm³/mol. The van der Waals surface area contributed by atoms with Gasteiger partial charge in [0.05, 0.1) is 16.6 Å². The molecule has 1 N–H and O–H groups in total. The van der Waals surface area contributed by atoms with Crippen molar-refractivity contribution < 1.29 is 9.90 Å². The maximum absolute atomic E-state index is 11.6. The molecule has 1 aromatic heterocycles. The van der Waals surface area contributed by atoms with E-state index >= 15 is 0 Å². The lowest BCUT2D eigenvalue weighted by atomic mass is 10.0. The Hall–Kier alpha value is -1.84. The van der Waals surface area contributed by atoms with Crippen LogP contribution in [0.4, 0.5) is 0 Å². The number of carboxylic acid groups (broad SMARTS) is 1. The number of aromatic nitrogens is 2. The smallest absolute Gasteiger partial charge is 0.337 e. The lowest BCUT2D eigenvalue weighted by Gasteiger charge is -2.17. The van der Waals surface area contributed by atoms with Gasteiger partial charge in [0.2, 0.25) is 0 Å². The standard InChI is InChI=1S/C17H20N2O2/c1-2-17(8-9-17)10-19-14-12(16(20)21)4-3-5-13(14)18-15(19)11-6-7-11/h3-5,11H,2,6-10H2,1H3,(H,20,21). The molecule has 4 rings (SSSR count). The molecule has 0 atom stereocenters. The fourth-order valence-electron chi connectivity index (χ4n) is 3.33. The molecule has 1 heterocycles. The Morgan fingerprint density at radius 1 is 1.43 bits per heavy atom. The second kappa shape index (κ2) is 4.33. The highest BCUT2D eigenvalue weighted by Crippen LogP contribution is 2.51. The lowest BCUT2D eigenvalue weighted by molar-refractivity contribution is 0.0698. The summed E-state index contributed by atoms with van der Waals surface area (Å²) >= 11 is 0. The maximum Gasteiger partial charge on any atom is 0.337 e. The van der Waals surface area contributed by atoms with Crippen LogP contribution in [-0.2, 0) is 6.54 Å². The monoisotopic (exact) mass is 284 g/mol. The van der Waals surface area contributed by atoms with E-state index in [1.165, 1.54) is 25.7 Å². The Labute approximate surface area is 123 Å². The summed E-state index contributed by atoms with van der Waals surface area (Å²) in [5.74, 6) is 0.788. The number of rotatable bonds is 5. The normalized spacial score (nSPS) is 19.9. The average Bonchev–Trinajstić information content (AvgIpc) is 3.38. The van der Waals surface area contributed by atoms with E-state index in [0.717, 1.165) is 29.8 Å². The largest absolute Gasteiger partial charge is 0.478 e. The second-order valence-electron chi connectivity index (χ2n) is 6.66. The van der Waals surface area contributed by atoms with Crippen molar-refractivity contribution in [3.05, 3.63) is 29.6 Å². The van der Waals surface area contributed by atoms with Crippen LogP contribution in [0.2, 0.25) is 0 Å². The number of carbonyl (C=O) groups is 1. The molecule has 0 aliphatic heterocycles. The van der Waals surface area contributed by atoms with Gasteiger partial charge in [-0.3, -0.25) is 0 Å². The number of fused-ring (bicyclic) bond motifs is 1. The third-order valence-electron chi connectivity index (χ3n) is 5.17. The van der Waals surface area contributed by atoms with E-state index in [2.05, 4.69) is 11.5 Å². The molecule has 0 unspecified atom stereocenters. The van der Waals surface area contributed by atoms with Crippen molar-refractivity contribution in [2.75, 3.05) is 0 Å². The highest BCUT2D eigenvalue weighted by Gasteiger charge is 2.43. The van der Waals surface area contributed by atoms with E-state index in [9.17, 15) is 9.90 Å². The molecule has 0 bridgehead atoms. The maximum atomic E-state index is 11.6. The zero-order valence-corrected chi connectivity index (χ0v) is 12.3. The minimum absolute atomic E-state index is 0.378. The summed E-state index contributed by atoms with van der Waals surface area (Å²) in [6.45, 7) is 3.16. The number of carboxylic acids is 1. The van der Waals surface area contributed by atoms with Gasteiger partial charge in [0.15, 0.2) is 0 Å². The van der Waals surface area contributed by atoms with Crippen LogP contribution < -0.4 is 0 Å². The summed E-state index contributed by atoms with van der Waals surface area (Å²) in [4.78, 5) is 16.3. The van der Waals surface area contributed by atoms with E-state index in [1.807, 2.05) is 6.07 Å². The quantitative estimate of drug-likeness (QED) is 0.908. The van der Waals surface area contributed by atoms with Crippen LogP contribution >= 0.6 is 0 Å². The molecular weight excluding hydrogens is 264 g/mol. The van der Waals surface area contributed by atoms with Crippen LogP contribution in [-0.4, -0.2) is 20.6 Å². The lowest BCUT2D eigenvalue weighted by Crippen LogP contribution is -2.14. The van der Waals surface area contributed by atoms with Crippen molar-refractivity contribution in [2.45, 2.75) is 51.5 Å². The van der Waals surface area contributed by atoms with Crippen LogP contribution in [0.1, 0.15) is 61.1 Å². The number of hydrogen-bond acceptors (Lipinski definition) is 2. The molecule has 2 aliphatic carbocycles. The number of benzene rings is 1. The summed E-state index contributed by atoms with van der Waals surface area (Å²) in [6.07, 6.45) is 6.03. The number of hydrogen-bond donors (Lipinski definition) is 1. The van der Waals surface area contributed by atoms with E-state index in [0.29, 0.717) is 16.9 Å². The number of imidazole rings is 1. The summed E-state index contributed by atoms with van der Waals surface area (Å²) in [7, 11) is 0. The molecule has 0 amide bonds. The van der Waals surface area contributed by atoms with E-state index in [-0.39, 0.29) is 0 Å². The molecule has 2 saturated carbocycles. The molecule has 21 heavy (non-hydrogen) atoms. The summed E-state index contributed by atoms with van der Waals surface area (Å²) in [5, 5.41) is 9.50. The molecule has 110 valence electrons. The predicted octanol–water partition coefficient (Wildman–Crippen LogP) is 3.80. The van der Waals surface area contributed by atoms with Gasteiger partial charge in [-0.25, -0.2) is 9.78 Å². The first-order chi connectivity index (χ1) is 10.1. The third-order valence-corrected chi connectivity index (χ3v) is 5.17. The van der Waals surface area contributed by atoms with Crippen LogP contribution in [0.25, 0.3) is 11.0 Å². The van der Waals surface area contributed by atoms with Crippen molar-refractivity contribution in [3.63, 3.8) is 0 Å². The van der Waals surface area contributed by atoms with Gasteiger partial charge < -0.3 is 9.67 Å². The molecule has 0 spiro atoms. The Kier molecular flexibility index (Phi) is 2.65. The topological polar surface area (TPSA) is 55.1 Å². The number of nitrogens with zero attached hydrogens (tertiary/aromatic N) is 2. The first kappa shape index (κ1) is 12.9. The van der Waals surface area contributed by atoms with E-state index in [1.54, 1.807) is 12.1 Å². The molecule has 0 radical (unpaired) electrons. The van der Waals surface area contributed by atoms with Crippen molar-refractivity contribution in [3.8, 4) is 0 Å². The Morgan fingerprint density at radius 2 is 2.19 bits per heavy atom. The number of para-hydroxylation sites is 1. The molecule has 2 aliphatic rings. The van der Waals surface area contributed by atoms with Crippen LogP contribution in [0.5, 0.6) is 0 Å². The van der Waals surface area contributed by atoms with Crippen molar-refractivity contribution in [2.24, 2.45) is 5.41 Å². The van der Waals surface area contributed by atoms with Gasteiger partial charge in [-0.15, -0.1) is 0 Å². The highest BCUT2D eigenvalue weighted by molar-refractivity contribution is 6.01. The van der Waals surface area contributed by atoms with Crippen molar-refractivity contribution in [1.29, 1.82) is 0 Å². The van der Waals surface area contributed by atoms with Gasteiger partial charge in [-0.2, -0.15) is 0 Å². The molecule has 2 fully saturated rings. The van der Waals surface area contributed by atoms with Crippen LogP contribution in [0, 0.1) is 5.41 Å². The van der Waals surface area contributed by atoms with Crippen LogP contribution in [0.3, 0.4) is 0 Å². The molecule has 1 aromatic carbocycles.